The van der Waals surface area contributed by atoms with Gasteiger partial charge in [0.1, 0.15) is 12.7 Å². The number of hydrogen-bond acceptors (Lipinski definition) is 4. The average Bonchev–Trinajstić information content (AvgIpc) is 2.74. The standard InChI is InChI=1S/C9H16F2N2O3/c10-9(11,5-14)4-13-8(15)7-2-1-6(3-12)16-7/h6-7,14H,1-5,12H2,(H,13,15). The maximum absolute atomic E-state index is 12.6. The second-order valence-corrected chi connectivity index (χ2v) is 3.79. The molecule has 7 heteroatoms. The topological polar surface area (TPSA) is 84.6 Å². The molecule has 1 fully saturated rings. The molecule has 1 aliphatic heterocycles. The van der Waals surface area contributed by atoms with Crippen LogP contribution in [0.1, 0.15) is 12.8 Å². The first-order valence-corrected chi connectivity index (χ1v) is 5.10. The third-order valence-electron chi connectivity index (χ3n) is 2.42. The van der Waals surface area contributed by atoms with Crippen molar-refractivity contribution in [3.05, 3.63) is 0 Å². The van der Waals surface area contributed by atoms with Gasteiger partial charge in [-0.15, -0.1) is 0 Å². The van der Waals surface area contributed by atoms with Crippen LogP contribution in [-0.4, -0.2) is 48.8 Å². The predicted octanol–water partition coefficient (Wildman–Crippen LogP) is -0.764. The van der Waals surface area contributed by atoms with Crippen molar-refractivity contribution >= 4 is 5.91 Å². The highest BCUT2D eigenvalue weighted by Crippen LogP contribution is 2.19. The Balaban J connectivity index is 2.31. The van der Waals surface area contributed by atoms with Gasteiger partial charge in [0.05, 0.1) is 12.6 Å². The monoisotopic (exact) mass is 238 g/mol. The van der Waals surface area contributed by atoms with E-state index in [0.717, 1.165) is 0 Å². The summed E-state index contributed by atoms with van der Waals surface area (Å²) in [5.74, 6) is -3.87. The Kier molecular flexibility index (Phi) is 4.57. The maximum Gasteiger partial charge on any atom is 0.287 e. The Morgan fingerprint density at radius 1 is 1.56 bits per heavy atom. The maximum atomic E-state index is 12.6. The predicted molar refractivity (Wildman–Crippen MR) is 52.0 cm³/mol. The molecule has 1 heterocycles. The van der Waals surface area contributed by atoms with Gasteiger partial charge < -0.3 is 20.9 Å². The smallest absolute Gasteiger partial charge is 0.287 e. The van der Waals surface area contributed by atoms with E-state index in [1.807, 2.05) is 5.32 Å². The summed E-state index contributed by atoms with van der Waals surface area (Å²) in [4.78, 5) is 11.4. The molecule has 0 aromatic heterocycles. The summed E-state index contributed by atoms with van der Waals surface area (Å²) < 4.78 is 30.5. The van der Waals surface area contributed by atoms with Crippen LogP contribution in [0.4, 0.5) is 8.78 Å². The molecule has 0 radical (unpaired) electrons. The Morgan fingerprint density at radius 3 is 2.75 bits per heavy atom. The third kappa shape index (κ3) is 3.66. The van der Waals surface area contributed by atoms with Gasteiger partial charge in [0.25, 0.3) is 5.92 Å². The minimum Gasteiger partial charge on any atom is -0.390 e. The quantitative estimate of drug-likeness (QED) is 0.587. The Morgan fingerprint density at radius 2 is 2.25 bits per heavy atom. The van der Waals surface area contributed by atoms with Crippen molar-refractivity contribution in [2.75, 3.05) is 19.7 Å². The zero-order valence-corrected chi connectivity index (χ0v) is 8.79. The van der Waals surface area contributed by atoms with Gasteiger partial charge in [-0.3, -0.25) is 4.79 Å². The summed E-state index contributed by atoms with van der Waals surface area (Å²) in [5, 5.41) is 10.3. The molecule has 2 atom stereocenters. The summed E-state index contributed by atoms with van der Waals surface area (Å²) in [6, 6.07) is 0. The van der Waals surface area contributed by atoms with E-state index in [2.05, 4.69) is 0 Å². The molecule has 4 N–H and O–H groups in total. The number of halogens is 2. The first-order chi connectivity index (χ1) is 7.48. The lowest BCUT2D eigenvalue weighted by Crippen LogP contribution is -2.43. The van der Waals surface area contributed by atoms with E-state index in [1.54, 1.807) is 0 Å². The summed E-state index contributed by atoms with van der Waals surface area (Å²) in [6.45, 7) is -1.85. The molecular formula is C9H16F2N2O3. The fourth-order valence-corrected chi connectivity index (χ4v) is 1.46. The molecule has 0 bridgehead atoms. The van der Waals surface area contributed by atoms with Gasteiger partial charge >= 0.3 is 0 Å². The van der Waals surface area contributed by atoms with Gasteiger partial charge in [0.15, 0.2) is 0 Å². The molecule has 0 spiro atoms. The van der Waals surface area contributed by atoms with E-state index in [1.165, 1.54) is 0 Å². The van der Waals surface area contributed by atoms with Crippen molar-refractivity contribution in [3.63, 3.8) is 0 Å². The fourth-order valence-electron chi connectivity index (χ4n) is 1.46. The van der Waals surface area contributed by atoms with E-state index < -0.39 is 31.1 Å². The molecule has 2 unspecified atom stereocenters. The molecule has 0 aromatic carbocycles. The lowest BCUT2D eigenvalue weighted by Gasteiger charge is -2.16. The van der Waals surface area contributed by atoms with Crippen LogP contribution in [0.15, 0.2) is 0 Å². The summed E-state index contributed by atoms with van der Waals surface area (Å²) in [5.41, 5.74) is 5.35. The van der Waals surface area contributed by atoms with Crippen molar-refractivity contribution in [2.45, 2.75) is 31.0 Å². The molecule has 1 saturated heterocycles. The van der Waals surface area contributed by atoms with Gasteiger partial charge in [0, 0.05) is 6.54 Å². The number of rotatable bonds is 5. The number of aliphatic hydroxyl groups excluding tert-OH is 1. The van der Waals surface area contributed by atoms with Crippen molar-refractivity contribution in [3.8, 4) is 0 Å². The van der Waals surface area contributed by atoms with Crippen LogP contribution < -0.4 is 11.1 Å². The lowest BCUT2D eigenvalue weighted by molar-refractivity contribution is -0.134. The number of amides is 1. The average molecular weight is 238 g/mol. The van der Waals surface area contributed by atoms with Gasteiger partial charge in [-0.2, -0.15) is 0 Å². The van der Waals surface area contributed by atoms with Crippen LogP contribution in [0.25, 0.3) is 0 Å². The summed E-state index contributed by atoms with van der Waals surface area (Å²) >= 11 is 0. The molecule has 0 saturated carbocycles. The first kappa shape index (κ1) is 13.3. The van der Waals surface area contributed by atoms with E-state index in [-0.39, 0.29) is 6.10 Å². The van der Waals surface area contributed by atoms with Crippen molar-refractivity contribution < 1.29 is 23.4 Å². The zero-order valence-electron chi connectivity index (χ0n) is 8.79. The highest BCUT2D eigenvalue weighted by atomic mass is 19.3. The first-order valence-electron chi connectivity index (χ1n) is 5.10. The minimum absolute atomic E-state index is 0.172. The highest BCUT2D eigenvalue weighted by Gasteiger charge is 2.33. The van der Waals surface area contributed by atoms with Gasteiger partial charge in [-0.05, 0) is 12.8 Å². The van der Waals surface area contributed by atoms with Crippen LogP contribution in [0, 0.1) is 0 Å². The van der Waals surface area contributed by atoms with Crippen LogP contribution in [-0.2, 0) is 9.53 Å². The van der Waals surface area contributed by atoms with Crippen molar-refractivity contribution in [1.82, 2.24) is 5.32 Å². The molecular weight excluding hydrogens is 222 g/mol. The number of carbonyl (C=O) groups excluding carboxylic acids is 1. The molecule has 1 aliphatic rings. The fraction of sp³-hybridized carbons (Fsp3) is 0.889. The van der Waals surface area contributed by atoms with Gasteiger partial charge in [0.2, 0.25) is 5.91 Å². The lowest BCUT2D eigenvalue weighted by atomic mass is 10.2. The number of ether oxygens (including phenoxy) is 1. The molecule has 0 aromatic rings. The molecule has 0 aliphatic carbocycles. The van der Waals surface area contributed by atoms with Crippen molar-refractivity contribution in [1.29, 1.82) is 0 Å². The number of nitrogens with two attached hydrogens (primary N) is 1. The summed E-state index contributed by atoms with van der Waals surface area (Å²) in [6.07, 6.45) is 0.265. The van der Waals surface area contributed by atoms with Crippen molar-refractivity contribution in [2.24, 2.45) is 5.73 Å². The van der Waals surface area contributed by atoms with Crippen LogP contribution >= 0.6 is 0 Å². The Bertz CT molecular complexity index is 251. The van der Waals surface area contributed by atoms with Crippen LogP contribution in [0.5, 0.6) is 0 Å². The molecule has 1 rings (SSSR count). The van der Waals surface area contributed by atoms with Gasteiger partial charge in [-0.1, -0.05) is 0 Å². The number of carbonyl (C=O) groups is 1. The minimum atomic E-state index is -3.29. The van der Waals surface area contributed by atoms with E-state index in [4.69, 9.17) is 15.6 Å². The van der Waals surface area contributed by atoms with Gasteiger partial charge in [-0.25, -0.2) is 8.78 Å². The van der Waals surface area contributed by atoms with E-state index >= 15 is 0 Å². The summed E-state index contributed by atoms with van der Waals surface area (Å²) in [7, 11) is 0. The molecule has 94 valence electrons. The normalized spacial score (nSPS) is 25.8. The third-order valence-corrected chi connectivity index (χ3v) is 2.42. The number of alkyl halides is 2. The van der Waals surface area contributed by atoms with E-state index in [9.17, 15) is 13.6 Å². The Hall–Kier alpha value is -0.790. The SMILES string of the molecule is NCC1CCC(C(=O)NCC(F)(F)CO)O1. The molecule has 5 nitrogen and oxygen atoms in total. The number of hydrogen-bond donors (Lipinski definition) is 3. The number of aliphatic hydroxyl groups is 1. The van der Waals surface area contributed by atoms with Crippen LogP contribution in [0.2, 0.25) is 0 Å². The molecule has 1 amide bonds. The van der Waals surface area contributed by atoms with E-state index in [0.29, 0.717) is 19.4 Å². The largest absolute Gasteiger partial charge is 0.390 e. The second-order valence-electron chi connectivity index (χ2n) is 3.79. The number of nitrogens with one attached hydrogen (secondary N) is 1. The molecule has 16 heavy (non-hydrogen) atoms. The highest BCUT2D eigenvalue weighted by molar-refractivity contribution is 5.81. The second kappa shape index (κ2) is 5.51. The Labute approximate surface area is 91.9 Å². The van der Waals surface area contributed by atoms with Crippen LogP contribution in [0.3, 0.4) is 0 Å². The zero-order chi connectivity index (χ0) is 12.2.